The van der Waals surface area contributed by atoms with Gasteiger partial charge < -0.3 is 10.1 Å². The van der Waals surface area contributed by atoms with Crippen molar-refractivity contribution < 1.29 is 4.74 Å². The van der Waals surface area contributed by atoms with Crippen LogP contribution in [-0.4, -0.2) is 19.8 Å². The van der Waals surface area contributed by atoms with Crippen LogP contribution in [0, 0.1) is 0 Å². The van der Waals surface area contributed by atoms with E-state index in [1.165, 1.54) is 5.56 Å². The first-order valence-corrected chi connectivity index (χ1v) is 5.48. The molecule has 86 valence electrons. The number of benzene rings is 1. The third-order valence-corrected chi connectivity index (χ3v) is 2.51. The fourth-order valence-corrected chi connectivity index (χ4v) is 1.47. The first kappa shape index (κ1) is 15.1. The highest BCUT2D eigenvalue weighted by Crippen LogP contribution is 2.10. The molecule has 1 atom stereocenters. The Labute approximate surface area is 110 Å². The Morgan fingerprint density at radius 3 is 2.47 bits per heavy atom. The molecule has 0 aliphatic heterocycles. The van der Waals surface area contributed by atoms with Gasteiger partial charge in [-0.15, -0.1) is 17.0 Å². The van der Waals surface area contributed by atoms with Crippen LogP contribution in [0.1, 0.15) is 12.5 Å². The Kier molecular flexibility index (Phi) is 8.33. The van der Waals surface area contributed by atoms with E-state index in [-0.39, 0.29) is 17.0 Å². The maximum Gasteiger partial charge on any atom is 0.0613 e. The molecule has 0 aromatic heterocycles. The van der Waals surface area contributed by atoms with Crippen molar-refractivity contribution in [2.45, 2.75) is 19.5 Å². The second kappa shape index (κ2) is 8.28. The monoisotopic (exact) mass is 337 g/mol. The van der Waals surface area contributed by atoms with Gasteiger partial charge in [-0.3, -0.25) is 0 Å². The molecule has 15 heavy (non-hydrogen) atoms. The van der Waals surface area contributed by atoms with Crippen LogP contribution >= 0.6 is 32.9 Å². The Balaban J connectivity index is 0.00000196. The van der Waals surface area contributed by atoms with E-state index in [0.717, 1.165) is 17.6 Å². The summed E-state index contributed by atoms with van der Waals surface area (Å²) in [5, 5.41) is 3.38. The Morgan fingerprint density at radius 1 is 1.33 bits per heavy atom. The SMILES string of the molecule is Br.COCC(C)NCc1ccc(Br)cc1. The Morgan fingerprint density at radius 2 is 1.93 bits per heavy atom. The molecule has 0 radical (unpaired) electrons. The van der Waals surface area contributed by atoms with Crippen molar-refractivity contribution in [3.63, 3.8) is 0 Å². The van der Waals surface area contributed by atoms with Crippen LogP contribution in [0.2, 0.25) is 0 Å². The highest BCUT2D eigenvalue weighted by atomic mass is 79.9. The quantitative estimate of drug-likeness (QED) is 0.890. The highest BCUT2D eigenvalue weighted by Gasteiger charge is 1.99. The number of hydrogen-bond acceptors (Lipinski definition) is 2. The minimum atomic E-state index is 0. The summed E-state index contributed by atoms with van der Waals surface area (Å²) < 4.78 is 6.16. The standard InChI is InChI=1S/C11H16BrNO.BrH/c1-9(8-14-2)13-7-10-3-5-11(12)6-4-10;/h3-6,9,13H,7-8H2,1-2H3;1H. The van der Waals surface area contributed by atoms with Gasteiger partial charge in [0.05, 0.1) is 6.61 Å². The molecule has 1 aromatic rings. The zero-order valence-corrected chi connectivity index (χ0v) is 12.3. The zero-order valence-electron chi connectivity index (χ0n) is 9.00. The molecule has 0 fully saturated rings. The lowest BCUT2D eigenvalue weighted by Gasteiger charge is -2.12. The Bertz CT molecular complexity index is 264. The normalized spacial score (nSPS) is 11.9. The van der Waals surface area contributed by atoms with Crippen molar-refractivity contribution in [2.24, 2.45) is 0 Å². The first-order chi connectivity index (χ1) is 6.72. The third-order valence-electron chi connectivity index (χ3n) is 1.98. The van der Waals surface area contributed by atoms with E-state index in [1.54, 1.807) is 7.11 Å². The van der Waals surface area contributed by atoms with Gasteiger partial charge in [-0.05, 0) is 24.6 Å². The summed E-state index contributed by atoms with van der Waals surface area (Å²) in [7, 11) is 1.72. The molecule has 1 rings (SSSR count). The molecule has 2 nitrogen and oxygen atoms in total. The van der Waals surface area contributed by atoms with Gasteiger partial charge in [0.1, 0.15) is 0 Å². The van der Waals surface area contributed by atoms with Gasteiger partial charge in [0.2, 0.25) is 0 Å². The minimum absolute atomic E-state index is 0. The summed E-state index contributed by atoms with van der Waals surface area (Å²) in [5.74, 6) is 0. The van der Waals surface area contributed by atoms with Crippen LogP contribution in [0.5, 0.6) is 0 Å². The van der Waals surface area contributed by atoms with Gasteiger partial charge in [0.25, 0.3) is 0 Å². The molecule has 1 unspecified atom stereocenters. The van der Waals surface area contributed by atoms with E-state index >= 15 is 0 Å². The van der Waals surface area contributed by atoms with Crippen LogP contribution in [0.3, 0.4) is 0 Å². The first-order valence-electron chi connectivity index (χ1n) is 4.69. The topological polar surface area (TPSA) is 21.3 Å². The number of methoxy groups -OCH3 is 1. The van der Waals surface area contributed by atoms with Crippen molar-refractivity contribution in [1.29, 1.82) is 0 Å². The van der Waals surface area contributed by atoms with Gasteiger partial charge >= 0.3 is 0 Å². The lowest BCUT2D eigenvalue weighted by molar-refractivity contribution is 0.171. The summed E-state index contributed by atoms with van der Waals surface area (Å²) in [6, 6.07) is 8.71. The Hall–Kier alpha value is 0.100. The largest absolute Gasteiger partial charge is 0.383 e. The van der Waals surface area contributed by atoms with E-state index in [9.17, 15) is 0 Å². The zero-order chi connectivity index (χ0) is 10.4. The average molecular weight is 339 g/mol. The number of halogens is 2. The maximum absolute atomic E-state index is 5.04. The number of hydrogen-bond donors (Lipinski definition) is 1. The summed E-state index contributed by atoms with van der Waals surface area (Å²) in [6.45, 7) is 3.75. The molecule has 0 aliphatic rings. The summed E-state index contributed by atoms with van der Waals surface area (Å²) >= 11 is 3.41. The predicted molar refractivity (Wildman–Crippen MR) is 72.6 cm³/mol. The summed E-state index contributed by atoms with van der Waals surface area (Å²) in [6.07, 6.45) is 0. The van der Waals surface area contributed by atoms with Gasteiger partial charge in [-0.2, -0.15) is 0 Å². The van der Waals surface area contributed by atoms with E-state index in [4.69, 9.17) is 4.74 Å². The molecular weight excluding hydrogens is 322 g/mol. The molecule has 1 aromatic carbocycles. The van der Waals surface area contributed by atoms with E-state index in [0.29, 0.717) is 6.04 Å². The molecule has 1 N–H and O–H groups in total. The summed E-state index contributed by atoms with van der Waals surface area (Å²) in [4.78, 5) is 0. The third kappa shape index (κ3) is 6.30. The predicted octanol–water partition coefficient (Wildman–Crippen LogP) is 3.15. The second-order valence-electron chi connectivity index (χ2n) is 3.36. The molecule has 0 heterocycles. The summed E-state index contributed by atoms with van der Waals surface area (Å²) in [5.41, 5.74) is 1.29. The lowest BCUT2D eigenvalue weighted by Crippen LogP contribution is -2.29. The van der Waals surface area contributed by atoms with E-state index in [2.05, 4.69) is 52.4 Å². The number of ether oxygens (including phenoxy) is 1. The molecule has 0 aliphatic carbocycles. The number of nitrogens with one attached hydrogen (secondary N) is 1. The van der Waals surface area contributed by atoms with Crippen molar-refractivity contribution >= 4 is 32.9 Å². The van der Waals surface area contributed by atoms with Crippen LogP contribution in [-0.2, 0) is 11.3 Å². The van der Waals surface area contributed by atoms with Gasteiger partial charge in [-0.25, -0.2) is 0 Å². The molecule has 0 saturated heterocycles. The van der Waals surface area contributed by atoms with Crippen molar-refractivity contribution in [2.75, 3.05) is 13.7 Å². The molecule has 0 amide bonds. The smallest absolute Gasteiger partial charge is 0.0613 e. The van der Waals surface area contributed by atoms with Gasteiger partial charge in [-0.1, -0.05) is 28.1 Å². The van der Waals surface area contributed by atoms with Crippen molar-refractivity contribution in [3.05, 3.63) is 34.3 Å². The molecule has 0 saturated carbocycles. The van der Waals surface area contributed by atoms with Gasteiger partial charge in [0.15, 0.2) is 0 Å². The lowest BCUT2D eigenvalue weighted by atomic mass is 10.2. The fraction of sp³-hybridized carbons (Fsp3) is 0.455. The van der Waals surface area contributed by atoms with Crippen LogP contribution in [0.15, 0.2) is 28.7 Å². The molecule has 4 heteroatoms. The van der Waals surface area contributed by atoms with Crippen molar-refractivity contribution in [1.82, 2.24) is 5.32 Å². The highest BCUT2D eigenvalue weighted by molar-refractivity contribution is 9.10. The second-order valence-corrected chi connectivity index (χ2v) is 4.28. The maximum atomic E-state index is 5.04. The van der Waals surface area contributed by atoms with Crippen LogP contribution < -0.4 is 5.32 Å². The minimum Gasteiger partial charge on any atom is -0.383 e. The van der Waals surface area contributed by atoms with E-state index in [1.807, 2.05) is 0 Å². The van der Waals surface area contributed by atoms with E-state index < -0.39 is 0 Å². The molecular formula is C11H17Br2NO. The fourth-order valence-electron chi connectivity index (χ4n) is 1.20. The molecule has 0 bridgehead atoms. The molecule has 0 spiro atoms. The average Bonchev–Trinajstić information content (AvgIpc) is 2.17. The van der Waals surface area contributed by atoms with Gasteiger partial charge in [0, 0.05) is 24.2 Å². The van der Waals surface area contributed by atoms with Crippen LogP contribution in [0.4, 0.5) is 0 Å². The number of rotatable bonds is 5. The van der Waals surface area contributed by atoms with Crippen LogP contribution in [0.25, 0.3) is 0 Å². The van der Waals surface area contributed by atoms with Crippen molar-refractivity contribution in [3.8, 4) is 0 Å².